The lowest BCUT2D eigenvalue weighted by molar-refractivity contribution is 0.0889. The standard InChI is InChI=1S/C20H26FN5O2/c1-2-26-18-7-10-28-13-15(18)17(24-26)12-25-9-4-5-14(11-25)23-20(27)19-16(21)6-3-8-22-19/h3,6,8,14H,2,4-5,7,9-13H2,1H3,(H,23,27). The SMILES string of the molecule is CCn1nc(CN2CCCC(NC(=O)c3ncccc3F)C2)c2c1CCOC2. The summed E-state index contributed by atoms with van der Waals surface area (Å²) in [5, 5.41) is 7.73. The second-order valence-electron chi connectivity index (χ2n) is 7.37. The Morgan fingerprint density at radius 3 is 3.18 bits per heavy atom. The molecule has 150 valence electrons. The molecule has 2 aliphatic heterocycles. The van der Waals surface area contributed by atoms with Crippen LogP contribution in [0.25, 0.3) is 0 Å². The van der Waals surface area contributed by atoms with Crippen molar-refractivity contribution in [2.75, 3.05) is 19.7 Å². The Balaban J connectivity index is 1.41. The Morgan fingerprint density at radius 2 is 2.36 bits per heavy atom. The van der Waals surface area contributed by atoms with Crippen molar-refractivity contribution in [2.45, 2.75) is 51.9 Å². The van der Waals surface area contributed by atoms with Gasteiger partial charge in [-0.25, -0.2) is 9.37 Å². The molecule has 0 bridgehead atoms. The molecule has 1 atom stereocenters. The van der Waals surface area contributed by atoms with Crippen molar-refractivity contribution in [1.82, 2.24) is 25.0 Å². The number of piperidine rings is 1. The first-order chi connectivity index (χ1) is 13.7. The van der Waals surface area contributed by atoms with Gasteiger partial charge in [-0.3, -0.25) is 14.4 Å². The first-order valence-corrected chi connectivity index (χ1v) is 9.94. The third-order valence-corrected chi connectivity index (χ3v) is 5.47. The molecule has 0 radical (unpaired) electrons. The van der Waals surface area contributed by atoms with Crippen LogP contribution in [0.15, 0.2) is 18.3 Å². The van der Waals surface area contributed by atoms with E-state index in [1.165, 1.54) is 29.6 Å². The van der Waals surface area contributed by atoms with Crippen molar-refractivity contribution >= 4 is 5.91 Å². The summed E-state index contributed by atoms with van der Waals surface area (Å²) >= 11 is 0. The molecular weight excluding hydrogens is 361 g/mol. The molecule has 0 saturated carbocycles. The fourth-order valence-electron chi connectivity index (χ4n) is 4.10. The van der Waals surface area contributed by atoms with Gasteiger partial charge in [0.05, 0.1) is 18.9 Å². The fourth-order valence-corrected chi connectivity index (χ4v) is 4.10. The molecule has 0 spiro atoms. The normalized spacial score (nSPS) is 20.0. The Bertz CT molecular complexity index is 853. The van der Waals surface area contributed by atoms with Crippen LogP contribution in [0, 0.1) is 5.82 Å². The van der Waals surface area contributed by atoms with Gasteiger partial charge in [0.1, 0.15) is 0 Å². The lowest BCUT2D eigenvalue weighted by atomic mass is 10.0. The molecule has 1 unspecified atom stereocenters. The van der Waals surface area contributed by atoms with E-state index >= 15 is 0 Å². The van der Waals surface area contributed by atoms with E-state index in [2.05, 4.69) is 26.8 Å². The summed E-state index contributed by atoms with van der Waals surface area (Å²) in [5.41, 5.74) is 3.43. The lowest BCUT2D eigenvalue weighted by Gasteiger charge is -2.32. The van der Waals surface area contributed by atoms with Crippen LogP contribution in [0.1, 0.15) is 47.2 Å². The maximum Gasteiger partial charge on any atom is 0.273 e. The number of pyridine rings is 1. The van der Waals surface area contributed by atoms with Crippen LogP contribution >= 0.6 is 0 Å². The zero-order valence-electron chi connectivity index (χ0n) is 16.2. The molecule has 1 saturated heterocycles. The van der Waals surface area contributed by atoms with Crippen molar-refractivity contribution in [3.63, 3.8) is 0 Å². The maximum atomic E-state index is 13.8. The van der Waals surface area contributed by atoms with Crippen molar-refractivity contribution in [1.29, 1.82) is 0 Å². The largest absolute Gasteiger partial charge is 0.376 e. The average molecular weight is 387 g/mol. The quantitative estimate of drug-likeness (QED) is 0.849. The summed E-state index contributed by atoms with van der Waals surface area (Å²) in [5.74, 6) is -1.05. The molecule has 2 aromatic heterocycles. The first-order valence-electron chi connectivity index (χ1n) is 9.94. The number of nitrogens with zero attached hydrogens (tertiary/aromatic N) is 4. The molecule has 2 aromatic rings. The van der Waals surface area contributed by atoms with Gasteiger partial charge in [0.15, 0.2) is 11.5 Å². The van der Waals surface area contributed by atoms with Crippen LogP contribution < -0.4 is 5.32 Å². The van der Waals surface area contributed by atoms with Crippen molar-refractivity contribution in [2.24, 2.45) is 0 Å². The minimum absolute atomic E-state index is 0.0250. The van der Waals surface area contributed by atoms with Gasteiger partial charge in [-0.2, -0.15) is 5.10 Å². The van der Waals surface area contributed by atoms with E-state index in [1.54, 1.807) is 0 Å². The maximum absolute atomic E-state index is 13.8. The van der Waals surface area contributed by atoms with Gasteiger partial charge in [0.25, 0.3) is 5.91 Å². The highest BCUT2D eigenvalue weighted by molar-refractivity contribution is 5.92. The van der Waals surface area contributed by atoms with Gasteiger partial charge in [0, 0.05) is 49.6 Å². The Labute approximate surface area is 163 Å². The highest BCUT2D eigenvalue weighted by Gasteiger charge is 2.26. The molecule has 4 heterocycles. The number of halogens is 1. The summed E-state index contributed by atoms with van der Waals surface area (Å²) in [6.45, 7) is 6.75. The van der Waals surface area contributed by atoms with E-state index in [1.807, 2.05) is 0 Å². The van der Waals surface area contributed by atoms with Crippen LogP contribution in [-0.4, -0.2) is 51.3 Å². The van der Waals surface area contributed by atoms with Gasteiger partial charge < -0.3 is 10.1 Å². The molecule has 1 amide bonds. The van der Waals surface area contributed by atoms with E-state index in [4.69, 9.17) is 9.84 Å². The van der Waals surface area contributed by atoms with E-state index in [0.717, 1.165) is 57.7 Å². The fraction of sp³-hybridized carbons (Fsp3) is 0.550. The Kier molecular flexibility index (Phi) is 5.68. The number of amides is 1. The molecule has 2 aliphatic rings. The summed E-state index contributed by atoms with van der Waals surface area (Å²) < 4.78 is 21.5. The highest BCUT2D eigenvalue weighted by atomic mass is 19.1. The molecule has 1 fully saturated rings. The molecule has 0 aliphatic carbocycles. The topological polar surface area (TPSA) is 72.3 Å². The van der Waals surface area contributed by atoms with Crippen molar-refractivity contribution in [3.05, 3.63) is 46.8 Å². The lowest BCUT2D eigenvalue weighted by Crippen LogP contribution is -2.47. The monoisotopic (exact) mass is 387 g/mol. The zero-order chi connectivity index (χ0) is 19.5. The van der Waals surface area contributed by atoms with Crippen molar-refractivity contribution < 1.29 is 13.9 Å². The number of aryl methyl sites for hydroxylation is 1. The summed E-state index contributed by atoms with van der Waals surface area (Å²) in [6, 6.07) is 2.71. The van der Waals surface area contributed by atoms with Crippen LogP contribution in [0.2, 0.25) is 0 Å². The Hall–Kier alpha value is -2.32. The van der Waals surface area contributed by atoms with E-state index in [0.29, 0.717) is 6.61 Å². The second-order valence-corrected chi connectivity index (χ2v) is 7.37. The van der Waals surface area contributed by atoms with E-state index in [-0.39, 0.29) is 11.7 Å². The van der Waals surface area contributed by atoms with Crippen LogP contribution in [0.5, 0.6) is 0 Å². The number of fused-ring (bicyclic) bond motifs is 1. The molecular formula is C20H26FN5O2. The number of likely N-dealkylation sites (tertiary alicyclic amines) is 1. The number of ether oxygens (including phenoxy) is 1. The van der Waals surface area contributed by atoms with Crippen LogP contribution in [0.4, 0.5) is 4.39 Å². The number of carbonyl (C=O) groups excluding carboxylic acids is 1. The minimum Gasteiger partial charge on any atom is -0.376 e. The number of nitrogens with one attached hydrogen (secondary N) is 1. The van der Waals surface area contributed by atoms with Crippen LogP contribution in [0.3, 0.4) is 0 Å². The molecule has 1 N–H and O–H groups in total. The number of hydrogen-bond donors (Lipinski definition) is 1. The molecule has 4 rings (SSSR count). The van der Waals surface area contributed by atoms with Gasteiger partial charge in [-0.1, -0.05) is 0 Å². The predicted molar refractivity (Wildman–Crippen MR) is 101 cm³/mol. The third kappa shape index (κ3) is 3.93. The molecule has 7 nitrogen and oxygen atoms in total. The van der Waals surface area contributed by atoms with Gasteiger partial charge >= 0.3 is 0 Å². The number of carbonyl (C=O) groups is 1. The Morgan fingerprint density at radius 1 is 1.46 bits per heavy atom. The second kappa shape index (κ2) is 8.36. The smallest absolute Gasteiger partial charge is 0.273 e. The predicted octanol–water partition coefficient (Wildman–Crippen LogP) is 1.90. The van der Waals surface area contributed by atoms with Crippen molar-refractivity contribution in [3.8, 4) is 0 Å². The number of hydrogen-bond acceptors (Lipinski definition) is 5. The van der Waals surface area contributed by atoms with E-state index < -0.39 is 11.7 Å². The summed E-state index contributed by atoms with van der Waals surface area (Å²) in [4.78, 5) is 18.5. The van der Waals surface area contributed by atoms with Gasteiger partial charge in [0.2, 0.25) is 0 Å². The number of aromatic nitrogens is 3. The summed E-state index contributed by atoms with van der Waals surface area (Å²) in [7, 11) is 0. The molecule has 0 aromatic carbocycles. The first kappa shape index (κ1) is 19.0. The average Bonchev–Trinajstić information content (AvgIpc) is 3.06. The molecule has 8 heteroatoms. The minimum atomic E-state index is -0.593. The number of rotatable bonds is 5. The van der Waals surface area contributed by atoms with Gasteiger partial charge in [-0.05, 0) is 38.4 Å². The summed E-state index contributed by atoms with van der Waals surface area (Å²) in [6.07, 6.45) is 4.19. The third-order valence-electron chi connectivity index (χ3n) is 5.47. The highest BCUT2D eigenvalue weighted by Crippen LogP contribution is 2.23. The molecule has 28 heavy (non-hydrogen) atoms. The van der Waals surface area contributed by atoms with E-state index in [9.17, 15) is 9.18 Å². The van der Waals surface area contributed by atoms with Crippen LogP contribution in [-0.2, 0) is 30.9 Å². The van der Waals surface area contributed by atoms with Gasteiger partial charge in [-0.15, -0.1) is 0 Å². The zero-order valence-corrected chi connectivity index (χ0v) is 16.2.